The van der Waals surface area contributed by atoms with E-state index >= 15 is 0 Å². The second-order valence-electron chi connectivity index (χ2n) is 6.76. The Labute approximate surface area is 151 Å². The van der Waals surface area contributed by atoms with Gasteiger partial charge in [-0.2, -0.15) is 5.10 Å². The van der Waals surface area contributed by atoms with E-state index in [1.54, 1.807) is 16.0 Å². The molecule has 1 saturated heterocycles. The van der Waals surface area contributed by atoms with Gasteiger partial charge in [0.15, 0.2) is 0 Å². The number of carbonyl (C=O) groups is 1. The van der Waals surface area contributed by atoms with Gasteiger partial charge in [-0.15, -0.1) is 11.3 Å². The smallest absolute Gasteiger partial charge is 0.244 e. The fourth-order valence-electron chi connectivity index (χ4n) is 3.50. The van der Waals surface area contributed by atoms with E-state index in [-0.39, 0.29) is 5.91 Å². The van der Waals surface area contributed by atoms with Crippen LogP contribution in [0.5, 0.6) is 0 Å². The number of rotatable bonds is 3. The fraction of sp³-hybridized carbons (Fsp3) is 0.421. The van der Waals surface area contributed by atoms with Gasteiger partial charge in [-0.3, -0.25) is 9.48 Å². The first-order chi connectivity index (χ1) is 12.1. The molecule has 1 aliphatic rings. The number of para-hydroxylation sites is 1. The SMILES string of the molecule is Cc1cc(C)n(CC(=O)N2CCC(c3nc4ccccc4s3)CC2)n1. The van der Waals surface area contributed by atoms with Crippen LogP contribution in [-0.4, -0.2) is 38.7 Å². The van der Waals surface area contributed by atoms with Crippen molar-refractivity contribution >= 4 is 27.5 Å². The van der Waals surface area contributed by atoms with Crippen molar-refractivity contribution < 1.29 is 4.79 Å². The fourth-order valence-corrected chi connectivity index (χ4v) is 4.64. The largest absolute Gasteiger partial charge is 0.341 e. The van der Waals surface area contributed by atoms with E-state index in [9.17, 15) is 4.79 Å². The minimum absolute atomic E-state index is 0.161. The molecule has 0 atom stereocenters. The zero-order valence-corrected chi connectivity index (χ0v) is 15.4. The van der Waals surface area contributed by atoms with Gasteiger partial charge < -0.3 is 4.90 Å². The standard InChI is InChI=1S/C19H22N4OS/c1-13-11-14(2)23(21-13)12-18(24)22-9-7-15(8-10-22)19-20-16-5-3-4-6-17(16)25-19/h3-6,11,15H,7-10,12H2,1-2H3. The number of amides is 1. The zero-order valence-electron chi connectivity index (χ0n) is 14.6. The third-order valence-corrected chi connectivity index (χ3v) is 6.09. The molecule has 1 fully saturated rings. The lowest BCUT2D eigenvalue weighted by Crippen LogP contribution is -2.40. The van der Waals surface area contributed by atoms with E-state index in [0.717, 1.165) is 42.8 Å². The first-order valence-electron chi connectivity index (χ1n) is 8.74. The molecule has 1 aliphatic heterocycles. The lowest BCUT2D eigenvalue weighted by molar-refractivity contribution is -0.133. The average Bonchev–Trinajstić information content (AvgIpc) is 3.18. The van der Waals surface area contributed by atoms with Gasteiger partial charge in [0, 0.05) is 24.7 Å². The Kier molecular flexibility index (Phi) is 4.29. The zero-order chi connectivity index (χ0) is 17.4. The van der Waals surface area contributed by atoms with Crippen LogP contribution in [0.3, 0.4) is 0 Å². The van der Waals surface area contributed by atoms with Gasteiger partial charge >= 0.3 is 0 Å². The van der Waals surface area contributed by atoms with Gasteiger partial charge in [-0.05, 0) is 44.9 Å². The minimum Gasteiger partial charge on any atom is -0.341 e. The van der Waals surface area contributed by atoms with Crippen molar-refractivity contribution in [2.75, 3.05) is 13.1 Å². The summed E-state index contributed by atoms with van der Waals surface area (Å²) in [6.07, 6.45) is 1.98. The molecule has 25 heavy (non-hydrogen) atoms. The summed E-state index contributed by atoms with van der Waals surface area (Å²) in [5, 5.41) is 5.61. The van der Waals surface area contributed by atoms with Gasteiger partial charge in [0.05, 0.1) is 20.9 Å². The number of fused-ring (bicyclic) bond motifs is 1. The number of thiazole rings is 1. The lowest BCUT2D eigenvalue weighted by atomic mass is 9.97. The Morgan fingerprint density at radius 1 is 1.24 bits per heavy atom. The predicted molar refractivity (Wildman–Crippen MR) is 99.9 cm³/mol. The summed E-state index contributed by atoms with van der Waals surface area (Å²) < 4.78 is 3.05. The van der Waals surface area contributed by atoms with E-state index in [4.69, 9.17) is 4.98 Å². The molecule has 2 aromatic heterocycles. The highest BCUT2D eigenvalue weighted by Gasteiger charge is 2.26. The molecule has 3 aromatic rings. The molecule has 0 radical (unpaired) electrons. The first kappa shape index (κ1) is 16.3. The van der Waals surface area contributed by atoms with E-state index < -0.39 is 0 Å². The molecule has 0 saturated carbocycles. The van der Waals surface area contributed by atoms with Crippen LogP contribution in [0.1, 0.15) is 35.2 Å². The van der Waals surface area contributed by atoms with Gasteiger partial charge in [-0.25, -0.2) is 4.98 Å². The van der Waals surface area contributed by atoms with E-state index in [1.807, 2.05) is 30.9 Å². The number of nitrogens with zero attached hydrogens (tertiary/aromatic N) is 4. The maximum Gasteiger partial charge on any atom is 0.244 e. The first-order valence-corrected chi connectivity index (χ1v) is 9.56. The maximum absolute atomic E-state index is 12.6. The second kappa shape index (κ2) is 6.59. The highest BCUT2D eigenvalue weighted by atomic mass is 32.1. The van der Waals surface area contributed by atoms with Gasteiger partial charge in [-0.1, -0.05) is 12.1 Å². The summed E-state index contributed by atoms with van der Waals surface area (Å²) in [6.45, 7) is 5.90. The van der Waals surface area contributed by atoms with Crippen LogP contribution in [0.25, 0.3) is 10.2 Å². The topological polar surface area (TPSA) is 51.0 Å². The van der Waals surface area contributed by atoms with Crippen LogP contribution in [0.2, 0.25) is 0 Å². The molecular formula is C19H22N4OS. The third kappa shape index (κ3) is 3.31. The Balaban J connectivity index is 1.39. The van der Waals surface area contributed by atoms with Gasteiger partial charge in [0.1, 0.15) is 6.54 Å². The predicted octanol–water partition coefficient (Wildman–Crippen LogP) is 3.52. The summed E-state index contributed by atoms with van der Waals surface area (Å²) >= 11 is 1.79. The summed E-state index contributed by atoms with van der Waals surface area (Å²) in [5.74, 6) is 0.629. The molecule has 0 spiro atoms. The Morgan fingerprint density at radius 3 is 2.68 bits per heavy atom. The number of likely N-dealkylation sites (tertiary alicyclic amines) is 1. The molecule has 0 bridgehead atoms. The van der Waals surface area contributed by atoms with E-state index in [2.05, 4.69) is 23.3 Å². The van der Waals surface area contributed by atoms with Crippen molar-refractivity contribution in [2.24, 2.45) is 0 Å². The quantitative estimate of drug-likeness (QED) is 0.723. The Morgan fingerprint density at radius 2 is 2.00 bits per heavy atom. The molecule has 1 amide bonds. The molecule has 1 aromatic carbocycles. The number of hydrogen-bond acceptors (Lipinski definition) is 4. The second-order valence-corrected chi connectivity index (χ2v) is 7.82. The van der Waals surface area contributed by atoms with Crippen molar-refractivity contribution in [3.8, 4) is 0 Å². The maximum atomic E-state index is 12.6. The van der Waals surface area contributed by atoms with E-state index in [0.29, 0.717) is 12.5 Å². The highest BCUT2D eigenvalue weighted by Crippen LogP contribution is 2.33. The Bertz CT molecular complexity index is 872. The van der Waals surface area contributed by atoms with Crippen molar-refractivity contribution in [1.82, 2.24) is 19.7 Å². The molecule has 3 heterocycles. The van der Waals surface area contributed by atoms with Gasteiger partial charge in [0.25, 0.3) is 0 Å². The summed E-state index contributed by atoms with van der Waals surface area (Å²) in [7, 11) is 0. The van der Waals surface area contributed by atoms with Crippen molar-refractivity contribution in [3.05, 3.63) is 46.7 Å². The molecule has 5 nitrogen and oxygen atoms in total. The monoisotopic (exact) mass is 354 g/mol. The van der Waals surface area contributed by atoms with Crippen molar-refractivity contribution in [2.45, 2.75) is 39.2 Å². The summed E-state index contributed by atoms with van der Waals surface area (Å²) in [4.78, 5) is 19.3. The molecular weight excluding hydrogens is 332 g/mol. The molecule has 0 unspecified atom stereocenters. The number of benzene rings is 1. The molecule has 6 heteroatoms. The Hall–Kier alpha value is -2.21. The molecule has 0 aliphatic carbocycles. The summed E-state index contributed by atoms with van der Waals surface area (Å²) in [6, 6.07) is 10.3. The normalized spacial score (nSPS) is 15.8. The van der Waals surface area contributed by atoms with Crippen molar-refractivity contribution in [1.29, 1.82) is 0 Å². The van der Waals surface area contributed by atoms with Crippen LogP contribution >= 0.6 is 11.3 Å². The summed E-state index contributed by atoms with van der Waals surface area (Å²) in [5.41, 5.74) is 3.08. The number of piperidine rings is 1. The molecule has 0 N–H and O–H groups in total. The van der Waals surface area contributed by atoms with Crippen LogP contribution in [0, 0.1) is 13.8 Å². The van der Waals surface area contributed by atoms with Crippen molar-refractivity contribution in [3.63, 3.8) is 0 Å². The van der Waals surface area contributed by atoms with Crippen LogP contribution in [-0.2, 0) is 11.3 Å². The number of carbonyl (C=O) groups excluding carboxylic acids is 1. The third-order valence-electron chi connectivity index (χ3n) is 4.90. The minimum atomic E-state index is 0.161. The number of aryl methyl sites for hydroxylation is 2. The van der Waals surface area contributed by atoms with Gasteiger partial charge in [0.2, 0.25) is 5.91 Å². The highest BCUT2D eigenvalue weighted by molar-refractivity contribution is 7.18. The van der Waals surface area contributed by atoms with Crippen LogP contribution in [0.15, 0.2) is 30.3 Å². The van der Waals surface area contributed by atoms with E-state index in [1.165, 1.54) is 9.71 Å². The van der Waals surface area contributed by atoms with Crippen LogP contribution < -0.4 is 0 Å². The molecule has 130 valence electrons. The number of aromatic nitrogens is 3. The lowest BCUT2D eigenvalue weighted by Gasteiger charge is -2.31. The molecule has 4 rings (SSSR count). The number of hydrogen-bond donors (Lipinski definition) is 0. The average molecular weight is 354 g/mol. The van der Waals surface area contributed by atoms with Crippen LogP contribution in [0.4, 0.5) is 0 Å².